The maximum Gasteiger partial charge on any atom is 0.358 e. The Hall–Kier alpha value is -2.50. The number of methoxy groups -OCH3 is 1. The van der Waals surface area contributed by atoms with Gasteiger partial charge in [-0.15, -0.1) is 10.2 Å². The van der Waals surface area contributed by atoms with Gasteiger partial charge in [0.05, 0.1) is 13.2 Å². The molecule has 0 aliphatic heterocycles. The molecule has 6 heteroatoms. The first-order valence-corrected chi connectivity index (χ1v) is 6.44. The second kappa shape index (κ2) is 6.30. The first-order chi connectivity index (χ1) is 10.0. The SMILES string of the molecule is COC(=O)c1ccc(N(C)C(C)c2ccccc2F)nn1. The molecule has 0 amide bonds. The van der Waals surface area contributed by atoms with E-state index in [0.717, 1.165) is 0 Å². The molecule has 0 radical (unpaired) electrons. The van der Waals surface area contributed by atoms with Gasteiger partial charge in [0.15, 0.2) is 11.5 Å². The lowest BCUT2D eigenvalue weighted by Gasteiger charge is -2.26. The number of hydrogen-bond acceptors (Lipinski definition) is 5. The van der Waals surface area contributed by atoms with E-state index in [1.807, 2.05) is 6.92 Å². The predicted octanol–water partition coefficient (Wildman–Crippen LogP) is 2.60. The van der Waals surface area contributed by atoms with Crippen molar-refractivity contribution in [2.75, 3.05) is 19.1 Å². The summed E-state index contributed by atoms with van der Waals surface area (Å²) in [5.74, 6) is -0.270. The first-order valence-electron chi connectivity index (χ1n) is 6.44. The Morgan fingerprint density at radius 3 is 2.52 bits per heavy atom. The van der Waals surface area contributed by atoms with Crippen molar-refractivity contribution in [3.63, 3.8) is 0 Å². The van der Waals surface area contributed by atoms with Gasteiger partial charge in [0.1, 0.15) is 5.82 Å². The fraction of sp³-hybridized carbons (Fsp3) is 0.267. The number of rotatable bonds is 4. The summed E-state index contributed by atoms with van der Waals surface area (Å²) < 4.78 is 18.4. The van der Waals surface area contributed by atoms with Gasteiger partial charge in [0.2, 0.25) is 0 Å². The summed E-state index contributed by atoms with van der Waals surface area (Å²) in [4.78, 5) is 13.1. The zero-order valence-corrected chi connectivity index (χ0v) is 12.1. The van der Waals surface area contributed by atoms with Crippen molar-refractivity contribution in [1.82, 2.24) is 10.2 Å². The fourth-order valence-electron chi connectivity index (χ4n) is 1.95. The van der Waals surface area contributed by atoms with Crippen LogP contribution in [-0.4, -0.2) is 30.3 Å². The van der Waals surface area contributed by atoms with Crippen LogP contribution in [-0.2, 0) is 4.74 Å². The van der Waals surface area contributed by atoms with E-state index in [1.165, 1.54) is 19.2 Å². The number of esters is 1. The molecule has 1 aromatic heterocycles. The van der Waals surface area contributed by atoms with Crippen LogP contribution in [0.2, 0.25) is 0 Å². The van der Waals surface area contributed by atoms with Gasteiger partial charge in [-0.2, -0.15) is 0 Å². The third-order valence-corrected chi connectivity index (χ3v) is 3.34. The molecule has 0 bridgehead atoms. The fourth-order valence-corrected chi connectivity index (χ4v) is 1.95. The Labute approximate surface area is 122 Å². The molecular formula is C15H16FN3O2. The Morgan fingerprint density at radius 1 is 1.24 bits per heavy atom. The topological polar surface area (TPSA) is 55.3 Å². The average molecular weight is 289 g/mol. The van der Waals surface area contributed by atoms with E-state index < -0.39 is 5.97 Å². The van der Waals surface area contributed by atoms with E-state index in [1.54, 1.807) is 36.2 Å². The summed E-state index contributed by atoms with van der Waals surface area (Å²) in [6.07, 6.45) is 0. The van der Waals surface area contributed by atoms with Crippen LogP contribution < -0.4 is 4.90 Å². The molecule has 2 rings (SSSR count). The number of benzene rings is 1. The molecule has 0 aliphatic carbocycles. The molecule has 1 atom stereocenters. The van der Waals surface area contributed by atoms with Crippen molar-refractivity contribution < 1.29 is 13.9 Å². The molecule has 1 unspecified atom stereocenters. The van der Waals surface area contributed by atoms with Crippen LogP contribution >= 0.6 is 0 Å². The minimum atomic E-state index is -0.543. The normalized spacial score (nSPS) is 11.8. The highest BCUT2D eigenvalue weighted by molar-refractivity contribution is 5.86. The number of carbonyl (C=O) groups excluding carboxylic acids is 1. The van der Waals surface area contributed by atoms with Gasteiger partial charge in [0, 0.05) is 12.6 Å². The molecule has 0 saturated carbocycles. The lowest BCUT2D eigenvalue weighted by atomic mass is 10.1. The van der Waals surface area contributed by atoms with E-state index in [2.05, 4.69) is 14.9 Å². The van der Waals surface area contributed by atoms with E-state index >= 15 is 0 Å². The standard InChI is InChI=1S/C15H16FN3O2/c1-10(11-6-4-5-7-12(11)16)19(2)14-9-8-13(17-18-14)15(20)21-3/h4-10H,1-3H3. The quantitative estimate of drug-likeness (QED) is 0.810. The summed E-state index contributed by atoms with van der Waals surface area (Å²) in [5, 5.41) is 7.79. The van der Waals surface area contributed by atoms with Gasteiger partial charge in [0.25, 0.3) is 0 Å². The average Bonchev–Trinajstić information content (AvgIpc) is 2.53. The summed E-state index contributed by atoms with van der Waals surface area (Å²) in [6, 6.07) is 9.54. The van der Waals surface area contributed by atoms with Crippen LogP contribution in [0.25, 0.3) is 0 Å². The summed E-state index contributed by atoms with van der Waals surface area (Å²) in [7, 11) is 3.07. The maximum absolute atomic E-state index is 13.8. The molecule has 110 valence electrons. The van der Waals surface area contributed by atoms with Crippen molar-refractivity contribution in [3.8, 4) is 0 Å². The molecule has 0 saturated heterocycles. The first kappa shape index (κ1) is 14.9. The lowest BCUT2D eigenvalue weighted by molar-refractivity contribution is 0.0592. The highest BCUT2D eigenvalue weighted by Gasteiger charge is 2.17. The minimum Gasteiger partial charge on any atom is -0.464 e. The van der Waals surface area contributed by atoms with Gasteiger partial charge >= 0.3 is 5.97 Å². The molecule has 1 aromatic carbocycles. The van der Waals surface area contributed by atoms with Gasteiger partial charge in [-0.1, -0.05) is 18.2 Å². The summed E-state index contributed by atoms with van der Waals surface area (Å²) >= 11 is 0. The van der Waals surface area contributed by atoms with Gasteiger partial charge < -0.3 is 9.64 Å². The van der Waals surface area contributed by atoms with Crippen LogP contribution in [0.4, 0.5) is 10.2 Å². The number of aromatic nitrogens is 2. The second-order valence-electron chi connectivity index (χ2n) is 4.58. The van der Waals surface area contributed by atoms with E-state index in [0.29, 0.717) is 11.4 Å². The van der Waals surface area contributed by atoms with Crippen molar-refractivity contribution in [3.05, 3.63) is 53.5 Å². The molecule has 0 spiro atoms. The monoisotopic (exact) mass is 289 g/mol. The zero-order chi connectivity index (χ0) is 15.4. The van der Waals surface area contributed by atoms with E-state index in [9.17, 15) is 9.18 Å². The van der Waals surface area contributed by atoms with Gasteiger partial charge in [-0.25, -0.2) is 9.18 Å². The van der Waals surface area contributed by atoms with Gasteiger partial charge in [-0.3, -0.25) is 0 Å². The Kier molecular flexibility index (Phi) is 4.47. The lowest BCUT2D eigenvalue weighted by Crippen LogP contribution is -2.24. The van der Waals surface area contributed by atoms with E-state index in [4.69, 9.17) is 0 Å². The summed E-state index contributed by atoms with van der Waals surface area (Å²) in [5.41, 5.74) is 0.701. The van der Waals surface area contributed by atoms with Crippen LogP contribution in [0, 0.1) is 5.82 Å². The number of nitrogens with zero attached hydrogens (tertiary/aromatic N) is 3. The van der Waals surface area contributed by atoms with E-state index in [-0.39, 0.29) is 17.6 Å². The molecular weight excluding hydrogens is 273 g/mol. The van der Waals surface area contributed by atoms with Crippen LogP contribution in [0.15, 0.2) is 36.4 Å². The summed E-state index contributed by atoms with van der Waals surface area (Å²) in [6.45, 7) is 1.87. The van der Waals surface area contributed by atoms with Crippen molar-refractivity contribution >= 4 is 11.8 Å². The number of carbonyl (C=O) groups is 1. The van der Waals surface area contributed by atoms with Crippen LogP contribution in [0.1, 0.15) is 29.0 Å². The van der Waals surface area contributed by atoms with Crippen molar-refractivity contribution in [2.24, 2.45) is 0 Å². The maximum atomic E-state index is 13.8. The Balaban J connectivity index is 2.22. The molecule has 5 nitrogen and oxygen atoms in total. The zero-order valence-electron chi connectivity index (χ0n) is 12.1. The second-order valence-corrected chi connectivity index (χ2v) is 4.58. The molecule has 0 fully saturated rings. The molecule has 0 N–H and O–H groups in total. The van der Waals surface area contributed by atoms with Crippen molar-refractivity contribution in [1.29, 1.82) is 0 Å². The number of hydrogen-bond donors (Lipinski definition) is 0. The highest BCUT2D eigenvalue weighted by atomic mass is 19.1. The molecule has 2 aromatic rings. The predicted molar refractivity (Wildman–Crippen MR) is 76.6 cm³/mol. The van der Waals surface area contributed by atoms with Gasteiger partial charge in [-0.05, 0) is 25.1 Å². The third-order valence-electron chi connectivity index (χ3n) is 3.34. The minimum absolute atomic E-state index is 0.133. The molecule has 21 heavy (non-hydrogen) atoms. The largest absolute Gasteiger partial charge is 0.464 e. The number of halogens is 1. The van der Waals surface area contributed by atoms with Crippen LogP contribution in [0.3, 0.4) is 0 Å². The number of anilines is 1. The Bertz CT molecular complexity index is 631. The number of ether oxygens (including phenoxy) is 1. The third kappa shape index (κ3) is 3.16. The highest BCUT2D eigenvalue weighted by Crippen LogP contribution is 2.25. The smallest absolute Gasteiger partial charge is 0.358 e. The molecule has 1 heterocycles. The van der Waals surface area contributed by atoms with Crippen LogP contribution in [0.5, 0.6) is 0 Å². The Morgan fingerprint density at radius 2 is 1.95 bits per heavy atom. The van der Waals surface area contributed by atoms with Crippen molar-refractivity contribution in [2.45, 2.75) is 13.0 Å². The molecule has 0 aliphatic rings.